The minimum absolute atomic E-state index is 0.0511. The van der Waals surface area contributed by atoms with Crippen LogP contribution in [-0.4, -0.2) is 33.4 Å². The molecule has 0 fully saturated rings. The molecule has 0 saturated carbocycles. The number of benzene rings is 1. The number of hydrogen-bond acceptors (Lipinski definition) is 4. The van der Waals surface area contributed by atoms with E-state index in [1.54, 1.807) is 19.2 Å². The SMILES string of the molecule is COc1ccc(F)c(CN2CCCn3nc(CO)cc3C2)c1. The van der Waals surface area contributed by atoms with Crippen molar-refractivity contribution in [1.82, 2.24) is 14.7 Å². The van der Waals surface area contributed by atoms with Crippen LogP contribution in [0.5, 0.6) is 5.75 Å². The van der Waals surface area contributed by atoms with Crippen molar-refractivity contribution >= 4 is 0 Å². The predicted octanol–water partition coefficient (Wildman–Crippen LogP) is 1.93. The first-order valence-electron chi connectivity index (χ1n) is 7.41. The summed E-state index contributed by atoms with van der Waals surface area (Å²) >= 11 is 0. The van der Waals surface area contributed by atoms with E-state index < -0.39 is 0 Å². The van der Waals surface area contributed by atoms with Gasteiger partial charge in [0.05, 0.1) is 25.1 Å². The van der Waals surface area contributed by atoms with Crippen molar-refractivity contribution in [3.05, 3.63) is 47.0 Å². The van der Waals surface area contributed by atoms with Gasteiger partial charge in [-0.05, 0) is 30.7 Å². The second kappa shape index (κ2) is 6.46. The van der Waals surface area contributed by atoms with Gasteiger partial charge in [0.1, 0.15) is 11.6 Å². The summed E-state index contributed by atoms with van der Waals surface area (Å²) in [6.45, 7) is 2.89. The van der Waals surface area contributed by atoms with Crippen LogP contribution in [-0.2, 0) is 26.2 Å². The van der Waals surface area contributed by atoms with E-state index in [2.05, 4.69) is 10.00 Å². The number of halogens is 1. The first kappa shape index (κ1) is 15.0. The Hall–Kier alpha value is -1.92. The lowest BCUT2D eigenvalue weighted by Crippen LogP contribution is -2.23. The first-order chi connectivity index (χ1) is 10.7. The van der Waals surface area contributed by atoms with Crippen LogP contribution in [0, 0.1) is 5.82 Å². The van der Waals surface area contributed by atoms with Crippen molar-refractivity contribution in [2.45, 2.75) is 32.7 Å². The molecule has 0 spiro atoms. The smallest absolute Gasteiger partial charge is 0.127 e. The van der Waals surface area contributed by atoms with Gasteiger partial charge in [-0.2, -0.15) is 5.10 Å². The Kier molecular flexibility index (Phi) is 4.40. The average molecular weight is 305 g/mol. The molecule has 2 aromatic rings. The number of hydrogen-bond donors (Lipinski definition) is 1. The second-order valence-electron chi connectivity index (χ2n) is 5.53. The van der Waals surface area contributed by atoms with Crippen molar-refractivity contribution in [3.8, 4) is 5.75 Å². The van der Waals surface area contributed by atoms with Crippen LogP contribution in [0.3, 0.4) is 0 Å². The highest BCUT2D eigenvalue weighted by molar-refractivity contribution is 5.29. The molecule has 0 aliphatic carbocycles. The van der Waals surface area contributed by atoms with E-state index in [-0.39, 0.29) is 12.4 Å². The van der Waals surface area contributed by atoms with Gasteiger partial charge in [-0.25, -0.2) is 4.39 Å². The third-order valence-electron chi connectivity index (χ3n) is 3.95. The molecule has 0 unspecified atom stereocenters. The molecule has 1 aliphatic heterocycles. The third-order valence-corrected chi connectivity index (χ3v) is 3.95. The molecule has 22 heavy (non-hydrogen) atoms. The van der Waals surface area contributed by atoms with Gasteiger partial charge >= 0.3 is 0 Å². The molecule has 0 radical (unpaired) electrons. The summed E-state index contributed by atoms with van der Waals surface area (Å²) in [6.07, 6.45) is 0.950. The molecule has 1 aliphatic rings. The number of aromatic nitrogens is 2. The maximum atomic E-state index is 14.0. The number of aryl methyl sites for hydroxylation is 1. The van der Waals surface area contributed by atoms with E-state index in [1.807, 2.05) is 10.7 Å². The number of fused-ring (bicyclic) bond motifs is 1. The van der Waals surface area contributed by atoms with Crippen molar-refractivity contribution < 1.29 is 14.2 Å². The van der Waals surface area contributed by atoms with Crippen LogP contribution in [0.25, 0.3) is 0 Å². The van der Waals surface area contributed by atoms with E-state index in [9.17, 15) is 9.50 Å². The van der Waals surface area contributed by atoms with Crippen molar-refractivity contribution in [1.29, 1.82) is 0 Å². The molecule has 0 atom stereocenters. The zero-order valence-corrected chi connectivity index (χ0v) is 12.6. The Morgan fingerprint density at radius 1 is 1.32 bits per heavy atom. The second-order valence-corrected chi connectivity index (χ2v) is 5.53. The normalized spacial score (nSPS) is 15.4. The quantitative estimate of drug-likeness (QED) is 0.938. The van der Waals surface area contributed by atoms with E-state index >= 15 is 0 Å². The van der Waals surface area contributed by atoms with E-state index in [1.165, 1.54) is 6.07 Å². The van der Waals surface area contributed by atoms with Gasteiger partial charge < -0.3 is 9.84 Å². The number of rotatable bonds is 4. The van der Waals surface area contributed by atoms with E-state index in [0.717, 1.165) is 25.2 Å². The Morgan fingerprint density at radius 3 is 2.95 bits per heavy atom. The Bertz CT molecular complexity index is 657. The zero-order chi connectivity index (χ0) is 15.5. The molecule has 0 bridgehead atoms. The van der Waals surface area contributed by atoms with Gasteiger partial charge in [0.15, 0.2) is 0 Å². The van der Waals surface area contributed by atoms with Crippen molar-refractivity contribution in [3.63, 3.8) is 0 Å². The summed E-state index contributed by atoms with van der Waals surface area (Å²) in [5, 5.41) is 13.6. The number of aliphatic hydroxyl groups is 1. The standard InChI is InChI=1S/C16H20FN3O2/c1-22-15-3-4-16(17)12(7-15)9-19-5-2-6-20-14(10-19)8-13(11-21)18-20/h3-4,7-8,21H,2,5-6,9-11H2,1H3. The van der Waals surface area contributed by atoms with Crippen LogP contribution < -0.4 is 4.74 Å². The predicted molar refractivity (Wildman–Crippen MR) is 79.8 cm³/mol. The molecular formula is C16H20FN3O2. The molecule has 1 aromatic carbocycles. The summed E-state index contributed by atoms with van der Waals surface area (Å²) in [4.78, 5) is 2.19. The van der Waals surface area contributed by atoms with Gasteiger partial charge in [-0.15, -0.1) is 0 Å². The molecule has 6 heteroatoms. The topological polar surface area (TPSA) is 50.5 Å². The Balaban J connectivity index is 1.78. The van der Waals surface area contributed by atoms with Gasteiger partial charge in [0.25, 0.3) is 0 Å². The van der Waals surface area contributed by atoms with Crippen LogP contribution in [0.1, 0.15) is 23.4 Å². The van der Waals surface area contributed by atoms with E-state index in [0.29, 0.717) is 30.1 Å². The maximum Gasteiger partial charge on any atom is 0.127 e. The molecule has 0 saturated heterocycles. The molecule has 118 valence electrons. The fourth-order valence-electron chi connectivity index (χ4n) is 2.84. The molecule has 2 heterocycles. The number of ether oxygens (including phenoxy) is 1. The highest BCUT2D eigenvalue weighted by atomic mass is 19.1. The lowest BCUT2D eigenvalue weighted by Gasteiger charge is -2.20. The maximum absolute atomic E-state index is 14.0. The largest absolute Gasteiger partial charge is 0.497 e. The highest BCUT2D eigenvalue weighted by Gasteiger charge is 2.18. The van der Waals surface area contributed by atoms with Crippen molar-refractivity contribution in [2.24, 2.45) is 0 Å². The lowest BCUT2D eigenvalue weighted by atomic mass is 10.1. The summed E-state index contributed by atoms with van der Waals surface area (Å²) in [7, 11) is 1.58. The Labute approximate surface area is 128 Å². The third kappa shape index (κ3) is 3.13. The van der Waals surface area contributed by atoms with Crippen LogP contribution in [0.4, 0.5) is 4.39 Å². The van der Waals surface area contributed by atoms with Gasteiger partial charge in [0, 0.05) is 31.7 Å². The Morgan fingerprint density at radius 2 is 2.18 bits per heavy atom. The minimum Gasteiger partial charge on any atom is -0.497 e. The van der Waals surface area contributed by atoms with Gasteiger partial charge in [-0.1, -0.05) is 0 Å². The fourth-order valence-corrected chi connectivity index (χ4v) is 2.84. The zero-order valence-electron chi connectivity index (χ0n) is 12.6. The monoisotopic (exact) mass is 305 g/mol. The fraction of sp³-hybridized carbons (Fsp3) is 0.438. The number of aliphatic hydroxyl groups excluding tert-OH is 1. The summed E-state index contributed by atoms with van der Waals surface area (Å²) < 4.78 is 21.1. The molecule has 1 N–H and O–H groups in total. The lowest BCUT2D eigenvalue weighted by molar-refractivity contribution is 0.256. The molecule has 1 aromatic heterocycles. The van der Waals surface area contributed by atoms with Crippen LogP contribution in [0.15, 0.2) is 24.3 Å². The van der Waals surface area contributed by atoms with Crippen molar-refractivity contribution in [2.75, 3.05) is 13.7 Å². The van der Waals surface area contributed by atoms with Crippen LogP contribution >= 0.6 is 0 Å². The van der Waals surface area contributed by atoms with Gasteiger partial charge in [0.2, 0.25) is 0 Å². The minimum atomic E-state index is -0.213. The highest BCUT2D eigenvalue weighted by Crippen LogP contribution is 2.21. The summed E-state index contributed by atoms with van der Waals surface area (Å²) in [6, 6.07) is 6.74. The number of nitrogens with zero attached hydrogens (tertiary/aromatic N) is 3. The van der Waals surface area contributed by atoms with Crippen LogP contribution in [0.2, 0.25) is 0 Å². The molecule has 5 nitrogen and oxygen atoms in total. The first-order valence-corrected chi connectivity index (χ1v) is 7.41. The molecular weight excluding hydrogens is 285 g/mol. The summed E-state index contributed by atoms with van der Waals surface area (Å²) in [5.74, 6) is 0.452. The number of methoxy groups -OCH3 is 1. The van der Waals surface area contributed by atoms with E-state index in [4.69, 9.17) is 4.74 Å². The molecule has 0 amide bonds. The molecule has 3 rings (SSSR count). The summed E-state index contributed by atoms with van der Waals surface area (Å²) in [5.41, 5.74) is 2.38. The van der Waals surface area contributed by atoms with Gasteiger partial charge in [-0.3, -0.25) is 9.58 Å². The average Bonchev–Trinajstić information content (AvgIpc) is 2.82.